The number of aliphatic hydroxyl groups is 1. The van der Waals surface area contributed by atoms with Crippen LogP contribution in [0, 0.1) is 0 Å². The van der Waals surface area contributed by atoms with Crippen LogP contribution >= 0.6 is 0 Å². The molecule has 17 heteroatoms. The molecule has 1 atom stereocenters. The molecule has 0 bridgehead atoms. The molecule has 0 aromatic heterocycles. The summed E-state index contributed by atoms with van der Waals surface area (Å²) in [5, 5.41) is 20.1. The molecule has 0 unspecified atom stereocenters. The highest BCUT2D eigenvalue weighted by atomic mass is 19.4. The fourth-order valence-electron chi connectivity index (χ4n) is 3.73. The third-order valence-electron chi connectivity index (χ3n) is 5.94. The number of ketones is 2. The van der Waals surface area contributed by atoms with Crippen LogP contribution < -0.4 is 10.1 Å². The Morgan fingerprint density at radius 2 is 1.20 bits per heavy atom. The molecular weight excluding hydrogens is 645 g/mol. The van der Waals surface area contributed by atoms with Crippen molar-refractivity contribution >= 4 is 29.0 Å². The zero-order valence-electron chi connectivity index (χ0n) is 22.6. The number of aliphatic carboxylic acids is 1. The number of carbonyl (C=O) groups excluding carboxylic acids is 3. The summed E-state index contributed by atoms with van der Waals surface area (Å²) in [6.45, 7) is -0.677. The topological polar surface area (TPSA) is 130 Å². The van der Waals surface area contributed by atoms with Gasteiger partial charge in [0.25, 0.3) is 5.91 Å². The highest BCUT2D eigenvalue weighted by Crippen LogP contribution is 2.37. The third-order valence-corrected chi connectivity index (χ3v) is 5.94. The summed E-state index contributed by atoms with van der Waals surface area (Å²) in [6.07, 6.45) is -17.2. The summed E-state index contributed by atoms with van der Waals surface area (Å²) >= 11 is 0. The average molecular weight is 663 g/mol. The SMILES string of the molecule is O=C(/C=C(\C(=O)c1ccc(C(=O)NC[C@@H](O)C(=O)O)cc1)c1ccc(OC(F)(F)F)cc1)c1cc(C(F)(F)F)cc(C(F)(F)F)c1. The first-order valence-electron chi connectivity index (χ1n) is 12.4. The summed E-state index contributed by atoms with van der Waals surface area (Å²) in [5.74, 6) is -5.84. The van der Waals surface area contributed by atoms with Crippen LogP contribution in [-0.4, -0.2) is 52.7 Å². The van der Waals surface area contributed by atoms with Gasteiger partial charge in [0, 0.05) is 22.3 Å². The van der Waals surface area contributed by atoms with E-state index in [-0.39, 0.29) is 34.9 Å². The average Bonchev–Trinajstić information content (AvgIpc) is 2.96. The number of ether oxygens (including phenoxy) is 1. The minimum absolute atomic E-state index is 0.130. The maximum atomic E-state index is 13.5. The van der Waals surface area contributed by atoms with Crippen LogP contribution in [0.2, 0.25) is 0 Å². The number of carboxylic acids is 1. The number of nitrogens with one attached hydrogen (secondary N) is 1. The van der Waals surface area contributed by atoms with Crippen molar-refractivity contribution in [3.8, 4) is 5.75 Å². The number of alkyl halides is 9. The summed E-state index contributed by atoms with van der Waals surface area (Å²) in [5.41, 5.74) is -6.14. The van der Waals surface area contributed by atoms with Gasteiger partial charge in [0.15, 0.2) is 17.7 Å². The predicted molar refractivity (Wildman–Crippen MR) is 139 cm³/mol. The highest BCUT2D eigenvalue weighted by Gasteiger charge is 2.37. The van der Waals surface area contributed by atoms with Gasteiger partial charge in [0.05, 0.1) is 17.7 Å². The Kier molecular flexibility index (Phi) is 10.3. The molecule has 1 amide bonds. The number of Topliss-reactive ketones (excluding diaryl/α,β-unsaturated/α-hetero) is 1. The van der Waals surface area contributed by atoms with Crippen molar-refractivity contribution in [2.45, 2.75) is 24.8 Å². The number of benzene rings is 3. The van der Waals surface area contributed by atoms with E-state index < -0.39 is 82.8 Å². The summed E-state index contributed by atoms with van der Waals surface area (Å²) < 4.78 is 122. The third kappa shape index (κ3) is 9.40. The number of carbonyl (C=O) groups is 4. The lowest BCUT2D eigenvalue weighted by Crippen LogP contribution is -2.36. The summed E-state index contributed by atoms with van der Waals surface area (Å²) in [4.78, 5) is 49.4. The van der Waals surface area contributed by atoms with Gasteiger partial charge in [-0.25, -0.2) is 4.79 Å². The summed E-state index contributed by atoms with van der Waals surface area (Å²) in [7, 11) is 0. The van der Waals surface area contributed by atoms with E-state index >= 15 is 0 Å². The Hall–Kier alpha value is -5.19. The van der Waals surface area contributed by atoms with Crippen LogP contribution in [0.4, 0.5) is 39.5 Å². The number of allylic oxidation sites excluding steroid dienone is 2. The predicted octanol–water partition coefficient (Wildman–Crippen LogP) is 5.95. The second-order valence-corrected chi connectivity index (χ2v) is 9.26. The van der Waals surface area contributed by atoms with Crippen molar-refractivity contribution in [2.24, 2.45) is 0 Å². The maximum Gasteiger partial charge on any atom is 0.573 e. The molecule has 3 N–H and O–H groups in total. The van der Waals surface area contributed by atoms with Gasteiger partial charge in [-0.05, 0) is 54.1 Å². The van der Waals surface area contributed by atoms with Crippen LogP contribution in [-0.2, 0) is 17.1 Å². The quantitative estimate of drug-likeness (QED) is 0.139. The lowest BCUT2D eigenvalue weighted by Gasteiger charge is -2.14. The molecule has 0 radical (unpaired) electrons. The molecule has 0 spiro atoms. The molecule has 0 aliphatic carbocycles. The molecule has 0 heterocycles. The lowest BCUT2D eigenvalue weighted by molar-refractivity contribution is -0.274. The molecule has 3 aromatic carbocycles. The first-order chi connectivity index (χ1) is 21.2. The van der Waals surface area contributed by atoms with Crippen LogP contribution in [0.5, 0.6) is 5.75 Å². The Bertz CT molecular complexity index is 1630. The van der Waals surface area contributed by atoms with Crippen LogP contribution in [0.15, 0.2) is 72.8 Å². The van der Waals surface area contributed by atoms with Crippen molar-refractivity contribution in [2.75, 3.05) is 6.54 Å². The smallest absolute Gasteiger partial charge is 0.479 e. The van der Waals surface area contributed by atoms with Crippen LogP contribution in [0.25, 0.3) is 5.57 Å². The minimum atomic E-state index is -5.30. The van der Waals surface area contributed by atoms with Gasteiger partial charge < -0.3 is 20.3 Å². The zero-order chi connectivity index (χ0) is 34.6. The van der Waals surface area contributed by atoms with E-state index in [1.165, 1.54) is 0 Å². The molecule has 0 aliphatic rings. The van der Waals surface area contributed by atoms with Crippen LogP contribution in [0.1, 0.15) is 47.8 Å². The Morgan fingerprint density at radius 1 is 0.717 bits per heavy atom. The van der Waals surface area contributed by atoms with Gasteiger partial charge in [0.2, 0.25) is 0 Å². The lowest BCUT2D eigenvalue weighted by atomic mass is 9.93. The van der Waals surface area contributed by atoms with E-state index in [2.05, 4.69) is 10.1 Å². The maximum absolute atomic E-state index is 13.5. The van der Waals surface area contributed by atoms with E-state index in [1.54, 1.807) is 0 Å². The zero-order valence-corrected chi connectivity index (χ0v) is 22.6. The molecule has 0 saturated carbocycles. The number of hydrogen-bond donors (Lipinski definition) is 3. The van der Waals surface area contributed by atoms with Crippen molar-refractivity contribution in [1.29, 1.82) is 0 Å². The molecule has 0 saturated heterocycles. The first kappa shape index (κ1) is 35.3. The molecule has 0 aliphatic heterocycles. The van der Waals surface area contributed by atoms with Gasteiger partial charge in [-0.2, -0.15) is 26.3 Å². The first-order valence-corrected chi connectivity index (χ1v) is 12.4. The number of amides is 1. The Morgan fingerprint density at radius 3 is 1.65 bits per heavy atom. The van der Waals surface area contributed by atoms with Gasteiger partial charge in [0.1, 0.15) is 5.75 Å². The van der Waals surface area contributed by atoms with Crippen molar-refractivity contribution in [1.82, 2.24) is 5.32 Å². The van der Waals surface area contributed by atoms with E-state index in [1.807, 2.05) is 0 Å². The highest BCUT2D eigenvalue weighted by molar-refractivity contribution is 6.32. The van der Waals surface area contributed by atoms with Crippen molar-refractivity contribution in [3.05, 3.63) is 106 Å². The van der Waals surface area contributed by atoms with Gasteiger partial charge in [-0.3, -0.25) is 14.4 Å². The van der Waals surface area contributed by atoms with Crippen molar-refractivity contribution < 1.29 is 73.6 Å². The molecule has 3 aromatic rings. The Labute approximate surface area is 251 Å². The van der Waals surface area contributed by atoms with E-state index in [4.69, 9.17) is 5.11 Å². The fraction of sp³-hybridized carbons (Fsp3) is 0.172. The van der Waals surface area contributed by atoms with Gasteiger partial charge in [-0.1, -0.05) is 24.3 Å². The summed E-state index contributed by atoms with van der Waals surface area (Å²) in [6, 6.07) is 7.42. The number of rotatable bonds is 10. The minimum Gasteiger partial charge on any atom is -0.479 e. The van der Waals surface area contributed by atoms with Crippen molar-refractivity contribution in [3.63, 3.8) is 0 Å². The van der Waals surface area contributed by atoms with Gasteiger partial charge >= 0.3 is 24.7 Å². The largest absolute Gasteiger partial charge is 0.573 e. The van der Waals surface area contributed by atoms with E-state index in [0.29, 0.717) is 6.08 Å². The van der Waals surface area contributed by atoms with Gasteiger partial charge in [-0.15, -0.1) is 13.2 Å². The fourth-order valence-corrected chi connectivity index (χ4v) is 3.73. The van der Waals surface area contributed by atoms with E-state index in [9.17, 15) is 63.8 Å². The van der Waals surface area contributed by atoms with E-state index in [0.717, 1.165) is 48.5 Å². The molecule has 46 heavy (non-hydrogen) atoms. The standard InChI is InChI=1S/C29H18F9NO7/c30-27(31,32)18-9-17(10-19(11-18)28(33,34)35)22(40)12-21(14-5-7-20(8-6-14)46-29(36,37)38)24(42)15-1-3-16(4-2-15)25(43)39-13-23(41)26(44)45/h1-12,23,41H,13H2,(H,39,43)(H,44,45)/b21-12-/t23-/m1/s1. The number of aliphatic hydroxyl groups excluding tert-OH is 1. The number of hydrogen-bond acceptors (Lipinski definition) is 6. The Balaban J connectivity index is 2.06. The normalized spacial score (nSPS) is 13.1. The number of carboxylic acid groups (broad SMARTS) is 1. The molecular formula is C29H18F9NO7. The molecule has 3 rings (SSSR count). The second kappa shape index (κ2) is 13.4. The molecule has 8 nitrogen and oxygen atoms in total. The molecule has 244 valence electrons. The number of halogens is 9. The molecule has 0 fully saturated rings. The van der Waals surface area contributed by atoms with Crippen LogP contribution in [0.3, 0.4) is 0 Å². The monoisotopic (exact) mass is 663 g/mol. The second-order valence-electron chi connectivity index (χ2n) is 9.26.